The van der Waals surface area contributed by atoms with Gasteiger partial charge in [-0.05, 0) is 31.2 Å². The van der Waals surface area contributed by atoms with E-state index in [0.29, 0.717) is 0 Å². The largest absolute Gasteiger partial charge is 0.345 e. The summed E-state index contributed by atoms with van der Waals surface area (Å²) in [6.45, 7) is 4.23. The van der Waals surface area contributed by atoms with Crippen LogP contribution in [0.5, 0.6) is 0 Å². The van der Waals surface area contributed by atoms with E-state index in [1.54, 1.807) is 0 Å². The highest BCUT2D eigenvalue weighted by atomic mass is 79.9. The van der Waals surface area contributed by atoms with Gasteiger partial charge in [-0.3, -0.25) is 0 Å². The molecule has 0 unspecified atom stereocenters. The summed E-state index contributed by atoms with van der Waals surface area (Å²) in [5.74, 6) is 0. The van der Waals surface area contributed by atoms with Crippen LogP contribution in [-0.2, 0) is 13.1 Å². The number of aromatic nitrogens is 1. The summed E-state index contributed by atoms with van der Waals surface area (Å²) in [5, 5.41) is 4.92. The van der Waals surface area contributed by atoms with Gasteiger partial charge < -0.3 is 9.88 Å². The summed E-state index contributed by atoms with van der Waals surface area (Å²) in [7, 11) is 2.11. The predicted molar refractivity (Wildman–Crippen MR) is 84.4 cm³/mol. The van der Waals surface area contributed by atoms with Gasteiger partial charge in [0.25, 0.3) is 0 Å². The lowest BCUT2D eigenvalue weighted by Crippen LogP contribution is -2.77. The fourth-order valence-electron chi connectivity index (χ4n) is 2.82. The molecule has 98 valence electrons. The zero-order chi connectivity index (χ0) is 13.4. The zero-order valence-corrected chi connectivity index (χ0v) is 12.9. The molecule has 0 saturated carbocycles. The molecule has 0 aliphatic rings. The summed E-state index contributed by atoms with van der Waals surface area (Å²) in [6, 6.07) is 13.4. The molecule has 3 aromatic rings. The number of hydrogen-bond acceptors (Lipinski definition) is 0. The third kappa shape index (κ3) is 2.07. The second-order valence-electron chi connectivity index (χ2n) is 4.87. The highest BCUT2D eigenvalue weighted by Crippen LogP contribution is 2.31. The van der Waals surface area contributed by atoms with Crippen molar-refractivity contribution < 1.29 is 5.32 Å². The molecular weight excluding hydrogens is 300 g/mol. The smallest absolute Gasteiger partial charge is 0.101 e. The van der Waals surface area contributed by atoms with Crippen LogP contribution in [0.2, 0.25) is 0 Å². The Bertz CT molecular complexity index is 743. The third-order valence-corrected chi connectivity index (χ3v) is 4.14. The Morgan fingerprint density at radius 2 is 1.89 bits per heavy atom. The van der Waals surface area contributed by atoms with Crippen molar-refractivity contribution in [3.8, 4) is 0 Å². The number of nitrogens with zero attached hydrogens (tertiary/aromatic N) is 1. The number of halogens is 1. The van der Waals surface area contributed by atoms with E-state index in [2.05, 4.69) is 76.2 Å². The quantitative estimate of drug-likeness (QED) is 0.765. The Kier molecular flexibility index (Phi) is 3.33. The fourth-order valence-corrected chi connectivity index (χ4v) is 3.17. The topological polar surface area (TPSA) is 21.5 Å². The number of hydrogen-bond donors (Lipinski definition) is 1. The normalized spacial score (nSPS) is 11.5. The van der Waals surface area contributed by atoms with Gasteiger partial charge in [0, 0.05) is 32.9 Å². The Morgan fingerprint density at radius 3 is 2.63 bits per heavy atom. The molecule has 1 heterocycles. The second-order valence-corrected chi connectivity index (χ2v) is 5.79. The maximum atomic E-state index is 3.57. The van der Waals surface area contributed by atoms with Gasteiger partial charge in [0.05, 0.1) is 12.6 Å². The van der Waals surface area contributed by atoms with E-state index >= 15 is 0 Å². The van der Waals surface area contributed by atoms with Crippen LogP contribution in [0.15, 0.2) is 40.9 Å². The van der Waals surface area contributed by atoms with E-state index < -0.39 is 0 Å². The van der Waals surface area contributed by atoms with Crippen LogP contribution in [0.1, 0.15) is 12.5 Å². The average molecular weight is 318 g/mol. The van der Waals surface area contributed by atoms with Gasteiger partial charge in [-0.2, -0.15) is 0 Å². The lowest BCUT2D eigenvalue weighted by atomic mass is 10.1. The van der Waals surface area contributed by atoms with Crippen molar-refractivity contribution in [2.75, 3.05) is 7.05 Å². The van der Waals surface area contributed by atoms with Gasteiger partial charge in [-0.25, -0.2) is 0 Å². The van der Waals surface area contributed by atoms with Gasteiger partial charge in [-0.1, -0.05) is 28.1 Å². The van der Waals surface area contributed by atoms with Crippen LogP contribution >= 0.6 is 15.9 Å². The molecule has 0 fully saturated rings. The van der Waals surface area contributed by atoms with Gasteiger partial charge in [0.1, 0.15) is 6.54 Å². The number of rotatable bonds is 3. The van der Waals surface area contributed by atoms with Crippen LogP contribution in [0.4, 0.5) is 0 Å². The molecule has 1 aromatic heterocycles. The standard InChI is InChI=1S/C16H17BrN2/c1-3-19-15-7-4-11(10-18-2)8-14(15)13-6-5-12(17)9-16(13)19/h4-9,18H,3,10H2,1-2H3/p+1. The number of quaternary nitrogens is 1. The highest BCUT2D eigenvalue weighted by Gasteiger charge is 2.10. The monoisotopic (exact) mass is 317 g/mol. The third-order valence-electron chi connectivity index (χ3n) is 3.65. The van der Waals surface area contributed by atoms with Gasteiger partial charge in [0.15, 0.2) is 0 Å². The lowest BCUT2D eigenvalue weighted by molar-refractivity contribution is -0.643. The maximum Gasteiger partial charge on any atom is 0.101 e. The molecule has 2 N–H and O–H groups in total. The molecule has 0 radical (unpaired) electrons. The van der Waals surface area contributed by atoms with E-state index in [1.165, 1.54) is 27.4 Å². The van der Waals surface area contributed by atoms with E-state index in [0.717, 1.165) is 17.6 Å². The van der Waals surface area contributed by atoms with E-state index in [9.17, 15) is 0 Å². The number of aryl methyl sites for hydroxylation is 1. The fraction of sp³-hybridized carbons (Fsp3) is 0.250. The predicted octanol–water partition coefficient (Wildman–Crippen LogP) is 3.27. The first-order valence-corrected chi connectivity index (χ1v) is 7.52. The summed E-state index contributed by atoms with van der Waals surface area (Å²) in [6.07, 6.45) is 0. The highest BCUT2D eigenvalue weighted by molar-refractivity contribution is 9.10. The maximum absolute atomic E-state index is 3.57. The second kappa shape index (κ2) is 4.99. The first-order chi connectivity index (χ1) is 9.24. The summed E-state index contributed by atoms with van der Waals surface area (Å²) in [4.78, 5) is 0. The molecular formula is C16H18BrN2+. The van der Waals surface area contributed by atoms with Crippen molar-refractivity contribution in [1.29, 1.82) is 0 Å². The summed E-state index contributed by atoms with van der Waals surface area (Å²) >= 11 is 3.57. The molecule has 2 nitrogen and oxygen atoms in total. The number of nitrogens with two attached hydrogens (primary N) is 1. The van der Waals surface area contributed by atoms with Crippen molar-refractivity contribution in [1.82, 2.24) is 4.57 Å². The Balaban J connectivity index is 2.38. The van der Waals surface area contributed by atoms with Gasteiger partial charge in [0.2, 0.25) is 0 Å². The van der Waals surface area contributed by atoms with Crippen molar-refractivity contribution in [3.05, 3.63) is 46.4 Å². The average Bonchev–Trinajstić information content (AvgIpc) is 2.71. The van der Waals surface area contributed by atoms with Crippen LogP contribution < -0.4 is 5.32 Å². The molecule has 0 aliphatic heterocycles. The minimum absolute atomic E-state index is 0.996. The van der Waals surface area contributed by atoms with E-state index in [-0.39, 0.29) is 0 Å². The molecule has 3 rings (SSSR count). The van der Waals surface area contributed by atoms with E-state index in [1.807, 2.05) is 0 Å². The SMILES string of the molecule is CCn1c2ccc(C[NH2+]C)cc2c2ccc(Br)cc21. The molecule has 0 bridgehead atoms. The Labute approximate surface area is 121 Å². The van der Waals surface area contributed by atoms with E-state index in [4.69, 9.17) is 0 Å². The van der Waals surface area contributed by atoms with Crippen LogP contribution in [0.3, 0.4) is 0 Å². The minimum atomic E-state index is 0.996. The molecule has 0 aliphatic carbocycles. The van der Waals surface area contributed by atoms with Crippen LogP contribution in [0.25, 0.3) is 21.8 Å². The molecule has 19 heavy (non-hydrogen) atoms. The molecule has 0 amide bonds. The molecule has 0 saturated heterocycles. The first-order valence-electron chi connectivity index (χ1n) is 6.72. The minimum Gasteiger partial charge on any atom is -0.345 e. The first kappa shape index (κ1) is 12.7. The number of benzene rings is 2. The van der Waals surface area contributed by atoms with Crippen LogP contribution in [-0.4, -0.2) is 11.6 Å². The molecule has 2 aromatic carbocycles. The Hall–Kier alpha value is -1.32. The van der Waals surface area contributed by atoms with Crippen molar-refractivity contribution in [2.24, 2.45) is 0 Å². The molecule has 0 atom stereocenters. The molecule has 0 spiro atoms. The number of fused-ring (bicyclic) bond motifs is 3. The van der Waals surface area contributed by atoms with Crippen molar-refractivity contribution in [3.63, 3.8) is 0 Å². The zero-order valence-electron chi connectivity index (χ0n) is 11.3. The van der Waals surface area contributed by atoms with Gasteiger partial charge in [-0.15, -0.1) is 0 Å². The summed E-state index contributed by atoms with van der Waals surface area (Å²) < 4.78 is 3.52. The van der Waals surface area contributed by atoms with Gasteiger partial charge >= 0.3 is 0 Å². The Morgan fingerprint density at radius 1 is 1.05 bits per heavy atom. The van der Waals surface area contributed by atoms with Crippen LogP contribution in [0, 0.1) is 0 Å². The molecule has 3 heteroatoms. The lowest BCUT2D eigenvalue weighted by Gasteiger charge is -2.03. The summed E-state index contributed by atoms with van der Waals surface area (Å²) in [5.41, 5.74) is 4.02. The van der Waals surface area contributed by atoms with Crippen molar-refractivity contribution >= 4 is 37.7 Å². The van der Waals surface area contributed by atoms with Crippen molar-refractivity contribution in [2.45, 2.75) is 20.0 Å².